The molecule has 2 rings (SSSR count). The van der Waals surface area contributed by atoms with Crippen molar-refractivity contribution in [3.05, 3.63) is 59.2 Å². The molecule has 1 N–H and O–H groups in total. The van der Waals surface area contributed by atoms with Gasteiger partial charge in [0.1, 0.15) is 0 Å². The Morgan fingerprint density at radius 3 is 1.84 bits per heavy atom. The molecule has 2 heteroatoms. The van der Waals surface area contributed by atoms with E-state index in [-0.39, 0.29) is 9.52 Å². The molecule has 0 bridgehead atoms. The second-order valence-electron chi connectivity index (χ2n) is 4.80. The van der Waals surface area contributed by atoms with Crippen molar-refractivity contribution in [3.63, 3.8) is 0 Å². The first-order chi connectivity index (χ1) is 9.19. The van der Waals surface area contributed by atoms with E-state index >= 15 is 0 Å². The fraction of sp³-hybridized carbons (Fsp3) is 0.353. The molecule has 1 radical (unpaired) electrons. The summed E-state index contributed by atoms with van der Waals surface area (Å²) in [6.07, 6.45) is 4.47. The highest BCUT2D eigenvalue weighted by Gasteiger charge is 2.17. The predicted octanol–water partition coefficient (Wildman–Crippen LogP) is 2.53. The van der Waals surface area contributed by atoms with E-state index in [2.05, 4.69) is 75.5 Å². The average Bonchev–Trinajstić information content (AvgIpc) is 2.74. The molecule has 1 nitrogen and oxygen atoms in total. The minimum Gasteiger partial charge on any atom is -0.317 e. The third-order valence-corrected chi connectivity index (χ3v) is 5.61. The Balaban J connectivity index is 0.000000312. The molecule has 0 saturated heterocycles. The van der Waals surface area contributed by atoms with E-state index in [4.69, 9.17) is 0 Å². The van der Waals surface area contributed by atoms with E-state index in [1.807, 2.05) is 0 Å². The Labute approximate surface area is 120 Å². The zero-order valence-corrected chi connectivity index (χ0v) is 14.1. The highest BCUT2D eigenvalue weighted by atomic mass is 28.2. The van der Waals surface area contributed by atoms with Crippen LogP contribution in [0.4, 0.5) is 0 Å². The zero-order chi connectivity index (χ0) is 14.1. The molecule has 0 amide bonds. The van der Waals surface area contributed by atoms with Gasteiger partial charge < -0.3 is 5.32 Å². The normalized spacial score (nSPS) is 15.2. The number of hydrogen-bond acceptors (Lipinski definition) is 1. The van der Waals surface area contributed by atoms with Gasteiger partial charge in [-0.05, 0) is 26.9 Å². The summed E-state index contributed by atoms with van der Waals surface area (Å²) in [6.45, 7) is 10.8. The maximum atomic E-state index is 3.11. The SMILES string of the molecule is CC1=CC=C(C)[C]1[SiH2]c1ccccc1.CCNCC. The fourth-order valence-electron chi connectivity index (χ4n) is 2.09. The third-order valence-electron chi connectivity index (χ3n) is 3.26. The molecular formula is C17H26NSi. The van der Waals surface area contributed by atoms with Crippen molar-refractivity contribution in [2.24, 2.45) is 0 Å². The molecule has 1 aliphatic carbocycles. The van der Waals surface area contributed by atoms with Crippen LogP contribution in [0.25, 0.3) is 0 Å². The standard InChI is InChI=1S/C13H15Si.C4H11N/c1-10-8-9-11(2)13(10)14-12-6-4-3-5-7-12;1-3-5-4-2/h3-9H,14H2,1-2H3;5H,3-4H2,1-2H3. The lowest BCUT2D eigenvalue weighted by Crippen LogP contribution is -2.22. The fourth-order valence-corrected chi connectivity index (χ4v) is 3.80. The molecule has 0 saturated carbocycles. The smallest absolute Gasteiger partial charge is 0.0720 e. The lowest BCUT2D eigenvalue weighted by molar-refractivity contribution is 0.762. The summed E-state index contributed by atoms with van der Waals surface area (Å²) in [6, 6.07) is 10.9. The van der Waals surface area contributed by atoms with Crippen molar-refractivity contribution in [1.82, 2.24) is 5.32 Å². The molecule has 19 heavy (non-hydrogen) atoms. The summed E-state index contributed by atoms with van der Waals surface area (Å²) in [7, 11) is -0.250. The Kier molecular flexibility index (Phi) is 7.45. The van der Waals surface area contributed by atoms with Crippen molar-refractivity contribution in [3.8, 4) is 0 Å². The van der Waals surface area contributed by atoms with Crippen molar-refractivity contribution >= 4 is 14.7 Å². The molecule has 103 valence electrons. The molecule has 1 aromatic carbocycles. The lowest BCUT2D eigenvalue weighted by atomic mass is 10.2. The third kappa shape index (κ3) is 5.58. The van der Waals surface area contributed by atoms with E-state index < -0.39 is 0 Å². The van der Waals surface area contributed by atoms with E-state index in [1.165, 1.54) is 16.3 Å². The molecule has 0 unspecified atom stereocenters. The van der Waals surface area contributed by atoms with E-state index in [9.17, 15) is 0 Å². The van der Waals surface area contributed by atoms with Crippen LogP contribution in [0.15, 0.2) is 53.6 Å². The van der Waals surface area contributed by atoms with E-state index in [0.717, 1.165) is 13.1 Å². The lowest BCUT2D eigenvalue weighted by Gasteiger charge is -2.12. The first kappa shape index (κ1) is 15.9. The van der Waals surface area contributed by atoms with Crippen LogP contribution in [0, 0.1) is 5.54 Å². The highest BCUT2D eigenvalue weighted by molar-refractivity contribution is 6.61. The van der Waals surface area contributed by atoms with Gasteiger partial charge in [-0.25, -0.2) is 0 Å². The van der Waals surface area contributed by atoms with Crippen LogP contribution in [0.5, 0.6) is 0 Å². The summed E-state index contributed by atoms with van der Waals surface area (Å²) < 4.78 is 0. The van der Waals surface area contributed by atoms with Gasteiger partial charge in [-0.3, -0.25) is 0 Å². The maximum absolute atomic E-state index is 3.11. The zero-order valence-electron chi connectivity index (χ0n) is 12.7. The summed E-state index contributed by atoms with van der Waals surface area (Å²) in [5.74, 6) is 0. The summed E-state index contributed by atoms with van der Waals surface area (Å²) >= 11 is 0. The number of benzene rings is 1. The molecular weight excluding hydrogens is 246 g/mol. The van der Waals surface area contributed by atoms with Crippen LogP contribution in [0.3, 0.4) is 0 Å². The van der Waals surface area contributed by atoms with Crippen molar-refractivity contribution in [1.29, 1.82) is 0 Å². The second kappa shape index (κ2) is 8.89. The number of nitrogens with one attached hydrogen (secondary N) is 1. The maximum Gasteiger partial charge on any atom is 0.0720 e. The molecule has 0 aliphatic heterocycles. The summed E-state index contributed by atoms with van der Waals surface area (Å²) in [5.41, 5.74) is 4.56. The summed E-state index contributed by atoms with van der Waals surface area (Å²) in [5, 5.41) is 4.64. The predicted molar refractivity (Wildman–Crippen MR) is 89.6 cm³/mol. The number of rotatable bonds is 4. The van der Waals surface area contributed by atoms with Gasteiger partial charge in [0.25, 0.3) is 0 Å². The van der Waals surface area contributed by atoms with Gasteiger partial charge in [0.15, 0.2) is 0 Å². The Bertz CT molecular complexity index is 400. The largest absolute Gasteiger partial charge is 0.317 e. The van der Waals surface area contributed by atoms with Gasteiger partial charge in [-0.15, -0.1) is 0 Å². The minimum absolute atomic E-state index is 0.250. The van der Waals surface area contributed by atoms with E-state index in [0.29, 0.717) is 0 Å². The van der Waals surface area contributed by atoms with Crippen molar-refractivity contribution in [2.45, 2.75) is 27.7 Å². The second-order valence-corrected chi connectivity index (χ2v) is 6.67. The van der Waals surface area contributed by atoms with Gasteiger partial charge in [0.2, 0.25) is 0 Å². The quantitative estimate of drug-likeness (QED) is 0.831. The molecule has 0 atom stereocenters. The Morgan fingerprint density at radius 1 is 0.895 bits per heavy atom. The molecule has 0 aromatic heterocycles. The van der Waals surface area contributed by atoms with Crippen LogP contribution < -0.4 is 10.5 Å². The number of allylic oxidation sites excluding steroid dienone is 4. The van der Waals surface area contributed by atoms with Gasteiger partial charge in [-0.1, -0.05) is 72.7 Å². The first-order valence-electron chi connectivity index (χ1n) is 7.15. The van der Waals surface area contributed by atoms with Crippen LogP contribution >= 0.6 is 0 Å². The van der Waals surface area contributed by atoms with Gasteiger partial charge in [0, 0.05) is 5.54 Å². The van der Waals surface area contributed by atoms with Crippen LogP contribution in [-0.4, -0.2) is 22.6 Å². The molecule has 0 heterocycles. The Hall–Kier alpha value is -1.12. The van der Waals surface area contributed by atoms with Crippen LogP contribution in [0.1, 0.15) is 27.7 Å². The van der Waals surface area contributed by atoms with Gasteiger partial charge >= 0.3 is 0 Å². The van der Waals surface area contributed by atoms with Crippen molar-refractivity contribution < 1.29 is 0 Å². The molecule has 0 spiro atoms. The molecule has 0 fully saturated rings. The monoisotopic (exact) mass is 272 g/mol. The number of hydrogen-bond donors (Lipinski definition) is 1. The summed E-state index contributed by atoms with van der Waals surface area (Å²) in [4.78, 5) is 0. The van der Waals surface area contributed by atoms with Crippen molar-refractivity contribution in [2.75, 3.05) is 13.1 Å². The van der Waals surface area contributed by atoms with Gasteiger partial charge in [-0.2, -0.15) is 0 Å². The first-order valence-corrected chi connectivity index (χ1v) is 8.56. The molecule has 1 aromatic rings. The average molecular weight is 272 g/mol. The highest BCUT2D eigenvalue weighted by Crippen LogP contribution is 2.26. The topological polar surface area (TPSA) is 12.0 Å². The van der Waals surface area contributed by atoms with Gasteiger partial charge in [0.05, 0.1) is 9.52 Å². The van der Waals surface area contributed by atoms with Crippen LogP contribution in [0.2, 0.25) is 0 Å². The van der Waals surface area contributed by atoms with Crippen LogP contribution in [-0.2, 0) is 0 Å². The Morgan fingerprint density at radius 2 is 1.42 bits per heavy atom. The minimum atomic E-state index is -0.250. The molecule has 1 aliphatic rings. The van der Waals surface area contributed by atoms with E-state index in [1.54, 1.807) is 5.54 Å².